The largest absolute Gasteiger partial charge is 0.496 e. The molecular weight excluding hydrogens is 544 g/mol. The van der Waals surface area contributed by atoms with Crippen molar-refractivity contribution >= 4 is 55.7 Å². The Morgan fingerprint density at radius 2 is 1.95 bits per heavy atom. The number of benzene rings is 2. The van der Waals surface area contributed by atoms with Crippen LogP contribution in [0.15, 0.2) is 58.1 Å². The summed E-state index contributed by atoms with van der Waals surface area (Å²) in [6, 6.07) is 13.7. The normalized spacial score (nSPS) is 15.8. The zero-order valence-electron chi connectivity index (χ0n) is 21.2. The summed E-state index contributed by atoms with van der Waals surface area (Å²) in [7, 11) is 3.21. The van der Waals surface area contributed by atoms with Crippen molar-refractivity contribution in [2.45, 2.75) is 25.3 Å². The number of rotatable bonds is 8. The molecule has 1 aliphatic rings. The Balaban J connectivity index is 1.24. The van der Waals surface area contributed by atoms with Gasteiger partial charge in [0, 0.05) is 28.3 Å². The molecule has 0 fully saturated rings. The first kappa shape index (κ1) is 25.1. The molecule has 8 nitrogen and oxygen atoms in total. The first-order valence-corrected chi connectivity index (χ1v) is 14.1. The highest BCUT2D eigenvalue weighted by molar-refractivity contribution is 8.14. The van der Waals surface area contributed by atoms with Gasteiger partial charge in [0.15, 0.2) is 5.76 Å². The van der Waals surface area contributed by atoms with E-state index in [4.69, 9.17) is 35.2 Å². The Morgan fingerprint density at radius 1 is 1.13 bits per heavy atom. The van der Waals surface area contributed by atoms with E-state index in [0.29, 0.717) is 40.3 Å². The molecule has 1 aliphatic heterocycles. The Kier molecular flexibility index (Phi) is 6.49. The third-order valence-corrected chi connectivity index (χ3v) is 9.08. The van der Waals surface area contributed by atoms with Crippen molar-refractivity contribution < 1.29 is 18.6 Å². The molecule has 0 aliphatic carbocycles. The van der Waals surface area contributed by atoms with E-state index in [2.05, 4.69) is 36.1 Å². The number of hydrogen-bond acceptors (Lipinski definition) is 9. The third kappa shape index (κ3) is 4.61. The van der Waals surface area contributed by atoms with Crippen LogP contribution in [0.1, 0.15) is 19.4 Å². The molecule has 11 heteroatoms. The molecule has 0 saturated heterocycles. The second-order valence-corrected chi connectivity index (χ2v) is 11.8. The van der Waals surface area contributed by atoms with E-state index in [0.717, 1.165) is 26.2 Å². The number of methoxy groups -OCH3 is 2. The van der Waals surface area contributed by atoms with Gasteiger partial charge in [-0.1, -0.05) is 23.7 Å². The van der Waals surface area contributed by atoms with Crippen LogP contribution in [-0.4, -0.2) is 52.3 Å². The van der Waals surface area contributed by atoms with E-state index in [9.17, 15) is 0 Å². The summed E-state index contributed by atoms with van der Waals surface area (Å²) in [5.74, 6) is 2.81. The zero-order valence-corrected chi connectivity index (χ0v) is 23.6. The Bertz CT molecular complexity index is 1620. The number of fused-ring (bicyclic) bond motifs is 2. The summed E-state index contributed by atoms with van der Waals surface area (Å²) in [6.07, 6.45) is 1.82. The number of imidazole rings is 1. The second-order valence-electron chi connectivity index (χ2n) is 9.42. The maximum Gasteiger partial charge on any atom is 0.294 e. The molecule has 0 spiro atoms. The SMILES string of the molecule is COc1cc(OCC2CSC(C(C)(C)c3ccc(Cl)cc3)=N2)c2cc(-c3cn4nc(OC)sc4n3)oc2c1. The summed E-state index contributed by atoms with van der Waals surface area (Å²) in [5.41, 5.74) is 2.32. The average molecular weight is 569 g/mol. The van der Waals surface area contributed by atoms with Gasteiger partial charge in [0.2, 0.25) is 4.96 Å². The molecule has 0 N–H and O–H groups in total. The molecule has 2 aromatic carbocycles. The average Bonchev–Trinajstić information content (AvgIpc) is 3.69. The molecule has 1 atom stereocenters. The van der Waals surface area contributed by atoms with Crippen LogP contribution >= 0.6 is 34.7 Å². The number of hydrogen-bond donors (Lipinski definition) is 0. The molecule has 196 valence electrons. The molecule has 4 heterocycles. The summed E-state index contributed by atoms with van der Waals surface area (Å²) in [6.45, 7) is 4.82. The van der Waals surface area contributed by atoms with E-state index < -0.39 is 0 Å². The van der Waals surface area contributed by atoms with E-state index in [1.807, 2.05) is 36.5 Å². The first-order chi connectivity index (χ1) is 18.3. The Hall–Kier alpha value is -3.21. The highest BCUT2D eigenvalue weighted by Crippen LogP contribution is 2.39. The second kappa shape index (κ2) is 9.83. The molecule has 0 saturated carbocycles. The number of thioether (sulfide) groups is 1. The van der Waals surface area contributed by atoms with Gasteiger partial charge in [-0.3, -0.25) is 4.99 Å². The fourth-order valence-corrected chi connectivity index (χ4v) is 6.40. The van der Waals surface area contributed by atoms with Gasteiger partial charge in [0.25, 0.3) is 5.19 Å². The lowest BCUT2D eigenvalue weighted by molar-refractivity contribution is 0.301. The highest BCUT2D eigenvalue weighted by atomic mass is 35.5. The summed E-state index contributed by atoms with van der Waals surface area (Å²) < 4.78 is 24.9. The minimum atomic E-state index is -0.204. The van der Waals surface area contributed by atoms with Crippen LogP contribution in [0.4, 0.5) is 0 Å². The standard InChI is InChI=1S/C27H25ClN4O4S2/c1-27(2,15-5-7-16(28)8-6-15)24-29-17(14-37-24)13-35-21-9-18(33-3)10-22-19(21)11-23(36-22)20-12-32-25(30-20)38-26(31-32)34-4/h5-12,17H,13-14H2,1-4H3. The maximum absolute atomic E-state index is 6.32. The van der Waals surface area contributed by atoms with E-state index in [-0.39, 0.29) is 11.5 Å². The van der Waals surface area contributed by atoms with Crippen LogP contribution in [0, 0.1) is 0 Å². The molecule has 38 heavy (non-hydrogen) atoms. The number of ether oxygens (including phenoxy) is 3. The molecule has 0 amide bonds. The summed E-state index contributed by atoms with van der Waals surface area (Å²) in [4.78, 5) is 10.4. The van der Waals surface area contributed by atoms with Crippen LogP contribution < -0.4 is 14.2 Å². The minimum Gasteiger partial charge on any atom is -0.496 e. The number of furan rings is 1. The van der Waals surface area contributed by atoms with Crippen LogP contribution in [0.2, 0.25) is 5.02 Å². The van der Waals surface area contributed by atoms with Gasteiger partial charge in [0.05, 0.1) is 36.9 Å². The van der Waals surface area contributed by atoms with Gasteiger partial charge in [-0.25, -0.2) is 9.50 Å². The van der Waals surface area contributed by atoms with Crippen molar-refractivity contribution in [3.05, 3.63) is 59.2 Å². The highest BCUT2D eigenvalue weighted by Gasteiger charge is 2.33. The lowest BCUT2D eigenvalue weighted by atomic mass is 9.85. The lowest BCUT2D eigenvalue weighted by Gasteiger charge is -2.25. The smallest absolute Gasteiger partial charge is 0.294 e. The Labute approximate surface area is 232 Å². The topological polar surface area (TPSA) is 83.4 Å². The van der Waals surface area contributed by atoms with Crippen LogP contribution in [0.5, 0.6) is 16.7 Å². The van der Waals surface area contributed by atoms with Crippen molar-refractivity contribution in [2.24, 2.45) is 4.99 Å². The molecule has 3 aromatic heterocycles. The minimum absolute atomic E-state index is 0.0372. The monoisotopic (exact) mass is 568 g/mol. The molecule has 6 rings (SSSR count). The van der Waals surface area contributed by atoms with Gasteiger partial charge >= 0.3 is 0 Å². The van der Waals surface area contributed by atoms with Crippen molar-refractivity contribution in [1.82, 2.24) is 14.6 Å². The number of aliphatic imine (C=N–C) groups is 1. The third-order valence-electron chi connectivity index (χ3n) is 6.50. The van der Waals surface area contributed by atoms with Gasteiger partial charge in [-0.2, -0.15) is 0 Å². The quantitative estimate of drug-likeness (QED) is 0.205. The molecule has 0 radical (unpaired) electrons. The summed E-state index contributed by atoms with van der Waals surface area (Å²) in [5, 5.41) is 7.57. The van der Waals surface area contributed by atoms with E-state index in [1.165, 1.54) is 16.9 Å². The van der Waals surface area contributed by atoms with Crippen molar-refractivity contribution in [2.75, 3.05) is 26.6 Å². The first-order valence-electron chi connectivity index (χ1n) is 12.0. The zero-order chi connectivity index (χ0) is 26.4. The molecular formula is C27H25ClN4O4S2. The predicted octanol–water partition coefficient (Wildman–Crippen LogP) is 6.75. The summed E-state index contributed by atoms with van der Waals surface area (Å²) >= 11 is 9.23. The van der Waals surface area contributed by atoms with Gasteiger partial charge in [-0.05, 0) is 48.9 Å². The van der Waals surface area contributed by atoms with Crippen molar-refractivity contribution in [3.8, 4) is 28.1 Å². The number of nitrogens with zero attached hydrogens (tertiary/aromatic N) is 4. The molecule has 0 bridgehead atoms. The fourth-order valence-electron chi connectivity index (χ4n) is 4.35. The lowest BCUT2D eigenvalue weighted by Crippen LogP contribution is -2.25. The maximum atomic E-state index is 6.32. The van der Waals surface area contributed by atoms with Crippen molar-refractivity contribution in [1.29, 1.82) is 0 Å². The molecule has 5 aromatic rings. The number of halogens is 1. The number of aromatic nitrogens is 3. The van der Waals surface area contributed by atoms with Crippen LogP contribution in [-0.2, 0) is 5.41 Å². The van der Waals surface area contributed by atoms with Crippen LogP contribution in [0.3, 0.4) is 0 Å². The van der Waals surface area contributed by atoms with Gasteiger partial charge < -0.3 is 18.6 Å². The Morgan fingerprint density at radius 3 is 2.68 bits per heavy atom. The van der Waals surface area contributed by atoms with Gasteiger partial charge in [-0.15, -0.1) is 16.9 Å². The van der Waals surface area contributed by atoms with E-state index >= 15 is 0 Å². The van der Waals surface area contributed by atoms with Gasteiger partial charge in [0.1, 0.15) is 29.4 Å². The fraction of sp³-hybridized carbons (Fsp3) is 0.296. The van der Waals surface area contributed by atoms with E-state index in [1.54, 1.807) is 30.5 Å². The van der Waals surface area contributed by atoms with Crippen molar-refractivity contribution in [3.63, 3.8) is 0 Å². The molecule has 1 unspecified atom stereocenters. The predicted molar refractivity (Wildman–Crippen MR) is 153 cm³/mol. The van der Waals surface area contributed by atoms with Crippen LogP contribution in [0.25, 0.3) is 27.4 Å².